The Morgan fingerprint density at radius 1 is 0.973 bits per heavy atom. The molecule has 1 heterocycles. The van der Waals surface area contributed by atoms with Gasteiger partial charge in [-0.3, -0.25) is 19.2 Å². The predicted molar refractivity (Wildman–Crippen MR) is 126 cm³/mol. The van der Waals surface area contributed by atoms with Crippen LogP contribution in [0.5, 0.6) is 5.75 Å². The number of nitro groups is 1. The van der Waals surface area contributed by atoms with E-state index in [9.17, 15) is 36.1 Å². The second kappa shape index (κ2) is 9.32. The van der Waals surface area contributed by atoms with Crippen molar-refractivity contribution in [2.75, 3.05) is 7.11 Å². The summed E-state index contributed by atoms with van der Waals surface area (Å²) in [6.07, 6.45) is 0. The van der Waals surface area contributed by atoms with Gasteiger partial charge in [0.1, 0.15) is 10.6 Å². The lowest BCUT2D eigenvalue weighted by molar-refractivity contribution is -0.734. The number of hydrogen-bond acceptors (Lipinski definition) is 9. The number of benzene rings is 3. The molecule has 0 fully saturated rings. The van der Waals surface area contributed by atoms with Crippen molar-refractivity contribution < 1.29 is 40.4 Å². The average molecular weight is 549 g/mol. The summed E-state index contributed by atoms with van der Waals surface area (Å²) in [6.45, 7) is 1.86. The van der Waals surface area contributed by atoms with E-state index in [0.717, 1.165) is 17.7 Å². The van der Waals surface area contributed by atoms with E-state index in [1.54, 1.807) is 24.3 Å². The van der Waals surface area contributed by atoms with Gasteiger partial charge in [-0.05, 0) is 47.2 Å². The second-order valence-electron chi connectivity index (χ2n) is 7.66. The Labute approximate surface area is 210 Å². The number of nitro benzene ring substituents is 1. The van der Waals surface area contributed by atoms with Gasteiger partial charge in [0.05, 0.1) is 33.7 Å². The van der Waals surface area contributed by atoms with Gasteiger partial charge < -0.3 is 4.74 Å². The number of hydrogen-bond donors (Lipinski definition) is 2. The summed E-state index contributed by atoms with van der Waals surface area (Å²) in [4.78, 5) is 11.4. The van der Waals surface area contributed by atoms with Crippen LogP contribution in [0, 0.1) is 17.0 Å². The molecule has 2 N–H and O–H groups in total. The monoisotopic (exact) mass is 548 g/mol. The highest BCUT2D eigenvalue weighted by molar-refractivity contribution is 7.86. The van der Waals surface area contributed by atoms with Gasteiger partial charge in [0.25, 0.3) is 25.9 Å². The molecular formula is C21H18N5O9S2+. The van der Waals surface area contributed by atoms with Crippen molar-refractivity contribution in [2.24, 2.45) is 0 Å². The lowest BCUT2D eigenvalue weighted by Crippen LogP contribution is -2.43. The van der Waals surface area contributed by atoms with Crippen LogP contribution in [-0.2, 0) is 20.2 Å². The maximum atomic E-state index is 12.1. The normalized spacial score (nSPS) is 11.9. The van der Waals surface area contributed by atoms with Crippen LogP contribution in [0.1, 0.15) is 5.56 Å². The molecule has 0 spiro atoms. The zero-order chi connectivity index (χ0) is 27.1. The molecule has 4 aromatic rings. The first-order chi connectivity index (χ1) is 17.3. The van der Waals surface area contributed by atoms with Gasteiger partial charge in [-0.2, -0.15) is 16.8 Å². The highest BCUT2D eigenvalue weighted by Crippen LogP contribution is 2.29. The molecule has 0 atom stereocenters. The molecule has 0 amide bonds. The fraction of sp³-hybridized carbons (Fsp3) is 0.0952. The van der Waals surface area contributed by atoms with Crippen molar-refractivity contribution >= 4 is 25.9 Å². The Morgan fingerprint density at radius 2 is 1.65 bits per heavy atom. The molecule has 4 rings (SSSR count). The van der Waals surface area contributed by atoms with Gasteiger partial charge in [-0.15, -0.1) is 0 Å². The number of ether oxygens (including phenoxy) is 1. The third-order valence-corrected chi connectivity index (χ3v) is 6.93. The van der Waals surface area contributed by atoms with E-state index < -0.39 is 35.0 Å². The smallest absolute Gasteiger partial charge is 0.341 e. The largest absolute Gasteiger partial charge is 0.492 e. The van der Waals surface area contributed by atoms with Crippen LogP contribution < -0.4 is 9.53 Å². The summed E-state index contributed by atoms with van der Waals surface area (Å²) in [6, 6.07) is 13.2. The number of methoxy groups -OCH3 is 1. The lowest BCUT2D eigenvalue weighted by Gasteiger charge is -2.05. The lowest BCUT2D eigenvalue weighted by atomic mass is 10.2. The van der Waals surface area contributed by atoms with Crippen LogP contribution in [0.25, 0.3) is 22.8 Å². The van der Waals surface area contributed by atoms with E-state index in [1.807, 2.05) is 6.92 Å². The third kappa shape index (κ3) is 5.17. The van der Waals surface area contributed by atoms with Crippen molar-refractivity contribution in [3.05, 3.63) is 76.3 Å². The number of non-ortho nitro benzene ring substituents is 1. The highest BCUT2D eigenvalue weighted by Gasteiger charge is 2.31. The first kappa shape index (κ1) is 25.8. The van der Waals surface area contributed by atoms with Crippen molar-refractivity contribution in [3.63, 3.8) is 0 Å². The Balaban J connectivity index is 2.03. The van der Waals surface area contributed by atoms with Crippen LogP contribution in [0.15, 0.2) is 70.5 Å². The van der Waals surface area contributed by atoms with Crippen molar-refractivity contribution in [1.82, 2.24) is 15.0 Å². The molecule has 0 saturated carbocycles. The van der Waals surface area contributed by atoms with Crippen molar-refractivity contribution in [1.29, 1.82) is 0 Å². The fourth-order valence-corrected chi connectivity index (χ4v) is 4.69. The number of tetrazole rings is 1. The van der Waals surface area contributed by atoms with Gasteiger partial charge in [0, 0.05) is 16.9 Å². The van der Waals surface area contributed by atoms with E-state index in [0.29, 0.717) is 11.8 Å². The SMILES string of the molecule is COc1cc([N+](=O)[O-])ccc1-[n+]1nc(-c2ccc(S(=O)(=O)O)cc2S(=O)(=O)O)nn1-c1ccc(C)cc1. The second-order valence-corrected chi connectivity index (χ2v) is 10.5. The molecular weight excluding hydrogens is 530 g/mol. The first-order valence-electron chi connectivity index (χ1n) is 10.2. The van der Waals surface area contributed by atoms with Crippen molar-refractivity contribution in [2.45, 2.75) is 16.7 Å². The van der Waals surface area contributed by atoms with Gasteiger partial charge in [0.15, 0.2) is 5.75 Å². The molecule has 0 saturated heterocycles. The molecule has 16 heteroatoms. The molecule has 37 heavy (non-hydrogen) atoms. The zero-order valence-corrected chi connectivity index (χ0v) is 20.7. The van der Waals surface area contributed by atoms with Crippen LogP contribution in [0.2, 0.25) is 0 Å². The summed E-state index contributed by atoms with van der Waals surface area (Å²) >= 11 is 0. The first-order valence-corrected chi connectivity index (χ1v) is 13.1. The number of nitrogens with zero attached hydrogens (tertiary/aromatic N) is 5. The summed E-state index contributed by atoms with van der Waals surface area (Å²) < 4.78 is 71.7. The molecule has 0 aliphatic rings. The Hall–Kier alpha value is -4.25. The molecule has 0 aliphatic heterocycles. The Kier molecular flexibility index (Phi) is 6.51. The maximum Gasteiger partial charge on any atom is 0.341 e. The van der Waals surface area contributed by atoms with E-state index >= 15 is 0 Å². The van der Waals surface area contributed by atoms with E-state index in [2.05, 4.69) is 10.2 Å². The van der Waals surface area contributed by atoms with Gasteiger partial charge in [-0.1, -0.05) is 17.7 Å². The van der Waals surface area contributed by atoms with E-state index in [1.165, 1.54) is 34.9 Å². The Bertz CT molecular complexity index is 1750. The fourth-order valence-electron chi connectivity index (χ4n) is 3.40. The summed E-state index contributed by atoms with van der Waals surface area (Å²) in [5.41, 5.74) is 1.04. The molecule has 192 valence electrons. The molecule has 14 nitrogen and oxygen atoms in total. The number of rotatable bonds is 7. The summed E-state index contributed by atoms with van der Waals surface area (Å²) in [5, 5.41) is 19.9. The highest BCUT2D eigenvalue weighted by atomic mass is 32.2. The minimum Gasteiger partial charge on any atom is -0.492 e. The van der Waals surface area contributed by atoms with E-state index in [-0.39, 0.29) is 28.5 Å². The van der Waals surface area contributed by atoms with Gasteiger partial charge in [0.2, 0.25) is 5.69 Å². The number of aryl methyl sites for hydroxylation is 1. The minimum absolute atomic E-state index is 0.0447. The third-order valence-electron chi connectivity index (χ3n) is 5.18. The molecule has 3 aromatic carbocycles. The van der Waals surface area contributed by atoms with Gasteiger partial charge in [-0.25, -0.2) is 0 Å². The Morgan fingerprint density at radius 3 is 2.22 bits per heavy atom. The molecule has 0 unspecified atom stereocenters. The quantitative estimate of drug-likeness (QED) is 0.148. The van der Waals surface area contributed by atoms with Crippen LogP contribution in [0.3, 0.4) is 0 Å². The topological polar surface area (TPSA) is 196 Å². The number of aromatic nitrogens is 4. The van der Waals surface area contributed by atoms with Crippen LogP contribution >= 0.6 is 0 Å². The molecule has 1 aromatic heterocycles. The van der Waals surface area contributed by atoms with Crippen LogP contribution in [-0.4, -0.2) is 53.0 Å². The van der Waals surface area contributed by atoms with Crippen molar-refractivity contribution in [3.8, 4) is 28.5 Å². The average Bonchev–Trinajstić information content (AvgIpc) is 3.27. The summed E-state index contributed by atoms with van der Waals surface area (Å²) in [5.74, 6) is -0.223. The van der Waals surface area contributed by atoms with Gasteiger partial charge >= 0.3 is 5.82 Å². The zero-order valence-electron chi connectivity index (χ0n) is 19.1. The molecule has 0 bridgehead atoms. The predicted octanol–water partition coefficient (Wildman–Crippen LogP) is 1.93. The maximum absolute atomic E-state index is 12.1. The standard InChI is InChI=1S/C21H17N5O9S2/c1-13-3-5-14(6-4-13)24-22-21(17-9-8-16(36(29,30)31)12-20(17)37(32,33)34)23-25(24)18-10-7-15(26(27)28)11-19(18)35-2/h3-12H,1-2H3,(H-,29,30,31,32,33,34)/p+1. The molecule has 0 aliphatic carbocycles. The van der Waals surface area contributed by atoms with E-state index in [4.69, 9.17) is 4.74 Å². The summed E-state index contributed by atoms with van der Waals surface area (Å²) in [7, 11) is -8.51. The van der Waals surface area contributed by atoms with Crippen LogP contribution in [0.4, 0.5) is 5.69 Å². The minimum atomic E-state index is -5.00. The molecule has 0 radical (unpaired) electrons.